The van der Waals surface area contributed by atoms with Crippen molar-refractivity contribution >= 4 is 11.5 Å². The molecule has 12 nitrogen and oxygen atoms in total. The van der Waals surface area contributed by atoms with Crippen LogP contribution in [0.3, 0.4) is 0 Å². The SMILES string of the molecule is COc1cn2c(C(CO)(CO)CO)c(C(CO)(CO)CO)c(O)c2c(OC)c1C(=O)O. The minimum atomic E-state index is -1.89. The molecule has 174 valence electrons. The third kappa shape index (κ3) is 3.46. The number of aromatic carboxylic acids is 1. The van der Waals surface area contributed by atoms with Gasteiger partial charge in [-0.3, -0.25) is 0 Å². The van der Waals surface area contributed by atoms with Gasteiger partial charge < -0.3 is 54.7 Å². The maximum absolute atomic E-state index is 11.8. The van der Waals surface area contributed by atoms with E-state index in [-0.39, 0.29) is 28.3 Å². The summed E-state index contributed by atoms with van der Waals surface area (Å²) < 4.78 is 11.5. The summed E-state index contributed by atoms with van der Waals surface area (Å²) in [5.41, 5.74) is -4.93. The van der Waals surface area contributed by atoms with Crippen molar-refractivity contribution in [2.24, 2.45) is 0 Å². The molecule has 8 N–H and O–H groups in total. The minimum absolute atomic E-state index is 0.182. The monoisotopic (exact) mass is 445 g/mol. The van der Waals surface area contributed by atoms with Gasteiger partial charge in [0, 0.05) is 11.3 Å². The van der Waals surface area contributed by atoms with Gasteiger partial charge in [-0.25, -0.2) is 4.79 Å². The van der Waals surface area contributed by atoms with E-state index in [0.29, 0.717) is 0 Å². The molecular formula is C19H27NO11. The molecule has 2 aromatic rings. The highest BCUT2D eigenvalue weighted by Gasteiger charge is 2.46. The Morgan fingerprint density at radius 2 is 1.39 bits per heavy atom. The average Bonchev–Trinajstić information content (AvgIpc) is 3.09. The van der Waals surface area contributed by atoms with Gasteiger partial charge in [0.2, 0.25) is 0 Å². The number of aliphatic hydroxyl groups excluding tert-OH is 6. The fourth-order valence-electron chi connectivity index (χ4n) is 3.68. The molecule has 0 aliphatic carbocycles. The second-order valence-electron chi connectivity index (χ2n) is 7.21. The van der Waals surface area contributed by atoms with Crippen molar-refractivity contribution in [1.82, 2.24) is 4.40 Å². The molecule has 0 aliphatic rings. The molecule has 0 saturated carbocycles. The molecule has 0 aromatic carbocycles. The topological polar surface area (TPSA) is 202 Å². The number of nitrogens with zero attached hydrogens (tertiary/aromatic N) is 1. The van der Waals surface area contributed by atoms with Crippen LogP contribution in [0.4, 0.5) is 0 Å². The first-order valence-electron chi connectivity index (χ1n) is 9.14. The van der Waals surface area contributed by atoms with Gasteiger partial charge in [0.25, 0.3) is 0 Å². The van der Waals surface area contributed by atoms with Gasteiger partial charge in [-0.2, -0.15) is 0 Å². The molecule has 2 aromatic heterocycles. The highest BCUT2D eigenvalue weighted by atomic mass is 16.5. The molecule has 0 saturated heterocycles. The van der Waals surface area contributed by atoms with E-state index < -0.39 is 67.8 Å². The van der Waals surface area contributed by atoms with Crippen molar-refractivity contribution in [3.05, 3.63) is 23.0 Å². The van der Waals surface area contributed by atoms with Gasteiger partial charge in [0.15, 0.2) is 11.5 Å². The molecule has 2 rings (SSSR count). The lowest BCUT2D eigenvalue weighted by Gasteiger charge is -2.35. The number of rotatable bonds is 11. The number of pyridine rings is 1. The Morgan fingerprint density at radius 3 is 1.74 bits per heavy atom. The fourth-order valence-corrected chi connectivity index (χ4v) is 3.68. The summed E-state index contributed by atoms with van der Waals surface area (Å²) in [5.74, 6) is -2.71. The highest BCUT2D eigenvalue weighted by Crippen LogP contribution is 2.48. The van der Waals surface area contributed by atoms with Crippen LogP contribution in [0.5, 0.6) is 17.2 Å². The van der Waals surface area contributed by atoms with E-state index in [0.717, 1.165) is 17.7 Å². The molecule has 0 amide bonds. The lowest BCUT2D eigenvalue weighted by Crippen LogP contribution is -2.46. The molecule has 0 fully saturated rings. The largest absolute Gasteiger partial charge is 0.505 e. The van der Waals surface area contributed by atoms with Crippen LogP contribution in [0.2, 0.25) is 0 Å². The lowest BCUT2D eigenvalue weighted by atomic mass is 9.75. The molecule has 0 unspecified atom stereocenters. The summed E-state index contributed by atoms with van der Waals surface area (Å²) in [6, 6.07) is 0. The molecule has 12 heteroatoms. The second kappa shape index (κ2) is 9.26. The summed E-state index contributed by atoms with van der Waals surface area (Å²) >= 11 is 0. The number of carboxylic acid groups (broad SMARTS) is 1. The maximum atomic E-state index is 11.8. The number of aromatic hydroxyl groups is 1. The molecule has 0 radical (unpaired) electrons. The predicted molar refractivity (Wildman–Crippen MR) is 105 cm³/mol. The number of aliphatic hydroxyl groups is 6. The van der Waals surface area contributed by atoms with Crippen LogP contribution in [0.1, 0.15) is 21.6 Å². The van der Waals surface area contributed by atoms with Crippen LogP contribution >= 0.6 is 0 Å². The van der Waals surface area contributed by atoms with Gasteiger partial charge in [-0.05, 0) is 0 Å². The van der Waals surface area contributed by atoms with Crippen LogP contribution in [0.15, 0.2) is 6.20 Å². The molecule has 31 heavy (non-hydrogen) atoms. The van der Waals surface area contributed by atoms with Crippen molar-refractivity contribution in [1.29, 1.82) is 0 Å². The minimum Gasteiger partial charge on any atom is -0.505 e. The number of ether oxygens (including phenoxy) is 2. The Labute approximate surface area is 176 Å². The van der Waals surface area contributed by atoms with E-state index in [1.807, 2.05) is 0 Å². The molecule has 0 aliphatic heterocycles. The smallest absolute Gasteiger partial charge is 0.343 e. The van der Waals surface area contributed by atoms with Crippen LogP contribution in [-0.2, 0) is 10.8 Å². The van der Waals surface area contributed by atoms with E-state index >= 15 is 0 Å². The van der Waals surface area contributed by atoms with E-state index in [1.165, 1.54) is 7.11 Å². The Bertz CT molecular complexity index is 928. The quantitative estimate of drug-likeness (QED) is 0.186. The normalized spacial score (nSPS) is 12.4. The predicted octanol–water partition coefficient (Wildman–Crippen LogP) is -2.21. The van der Waals surface area contributed by atoms with Crippen molar-refractivity contribution in [3.8, 4) is 17.2 Å². The Balaban J connectivity index is 3.29. The van der Waals surface area contributed by atoms with Gasteiger partial charge in [-0.15, -0.1) is 0 Å². The first kappa shape index (κ1) is 24.7. The van der Waals surface area contributed by atoms with Crippen molar-refractivity contribution in [2.75, 3.05) is 53.9 Å². The zero-order valence-corrected chi connectivity index (χ0v) is 17.1. The number of aromatic nitrogens is 1. The number of fused-ring (bicyclic) bond motifs is 1. The standard InChI is InChI=1S/C19H27NO11/c1-30-10-3-20-13(15(31-2)11(10)17(28)29)14(27)12(18(4-21,5-22)6-23)16(20)19(7-24,8-25)9-26/h3,21-27H,4-9H2,1-2H3,(H,28,29). The number of methoxy groups -OCH3 is 2. The van der Waals surface area contributed by atoms with Crippen molar-refractivity contribution in [2.45, 2.75) is 10.8 Å². The third-order valence-corrected chi connectivity index (χ3v) is 5.60. The summed E-state index contributed by atoms with van der Waals surface area (Å²) in [5, 5.41) is 80.8. The van der Waals surface area contributed by atoms with Gasteiger partial charge >= 0.3 is 5.97 Å². The summed E-state index contributed by atoms with van der Waals surface area (Å²) in [6.07, 6.45) is 1.13. The number of carboxylic acids is 1. The van der Waals surface area contributed by atoms with Crippen LogP contribution in [-0.4, -0.2) is 105 Å². The number of hydrogen-bond acceptors (Lipinski definition) is 10. The third-order valence-electron chi connectivity index (χ3n) is 5.60. The fraction of sp³-hybridized carbons (Fsp3) is 0.526. The van der Waals surface area contributed by atoms with Gasteiger partial charge in [0.05, 0.1) is 70.9 Å². The van der Waals surface area contributed by atoms with Gasteiger partial charge in [0.1, 0.15) is 16.8 Å². The molecule has 0 bridgehead atoms. The Morgan fingerprint density at radius 1 is 0.903 bits per heavy atom. The van der Waals surface area contributed by atoms with Crippen LogP contribution in [0.25, 0.3) is 5.52 Å². The zero-order valence-electron chi connectivity index (χ0n) is 17.1. The van der Waals surface area contributed by atoms with E-state index in [1.54, 1.807) is 0 Å². The van der Waals surface area contributed by atoms with E-state index in [4.69, 9.17) is 9.47 Å². The van der Waals surface area contributed by atoms with Crippen LogP contribution < -0.4 is 9.47 Å². The number of carbonyl (C=O) groups is 1. The summed E-state index contributed by atoms with van der Waals surface area (Å²) in [7, 11) is 2.33. The first-order valence-corrected chi connectivity index (χ1v) is 9.14. The van der Waals surface area contributed by atoms with Crippen molar-refractivity contribution < 1.29 is 55.1 Å². The molecule has 2 heterocycles. The highest BCUT2D eigenvalue weighted by molar-refractivity contribution is 5.98. The second-order valence-corrected chi connectivity index (χ2v) is 7.21. The van der Waals surface area contributed by atoms with E-state index in [9.17, 15) is 45.6 Å². The van der Waals surface area contributed by atoms with Gasteiger partial charge in [-0.1, -0.05) is 0 Å². The van der Waals surface area contributed by atoms with Crippen molar-refractivity contribution in [3.63, 3.8) is 0 Å². The average molecular weight is 445 g/mol. The van der Waals surface area contributed by atoms with E-state index in [2.05, 4.69) is 0 Å². The number of hydrogen-bond donors (Lipinski definition) is 8. The molecule has 0 atom stereocenters. The lowest BCUT2D eigenvalue weighted by molar-refractivity contribution is 0.0452. The zero-order chi connectivity index (χ0) is 23.6. The first-order chi connectivity index (χ1) is 14.7. The summed E-state index contributed by atoms with van der Waals surface area (Å²) in [6.45, 7) is -5.16. The van der Waals surface area contributed by atoms with Crippen LogP contribution in [0, 0.1) is 0 Å². The Hall–Kier alpha value is -2.61. The Kier molecular flexibility index (Phi) is 7.36. The maximum Gasteiger partial charge on any atom is 0.343 e. The molecule has 0 spiro atoms. The summed E-state index contributed by atoms with van der Waals surface area (Å²) in [4.78, 5) is 11.8. The molecular weight excluding hydrogens is 418 g/mol.